The van der Waals surface area contributed by atoms with Gasteiger partial charge in [0.15, 0.2) is 0 Å². The van der Waals surface area contributed by atoms with Crippen LogP contribution in [0.3, 0.4) is 0 Å². The topological polar surface area (TPSA) is 38.3 Å². The van der Waals surface area contributed by atoms with Gasteiger partial charge < -0.3 is 4.74 Å². The molecule has 0 atom stereocenters. The summed E-state index contributed by atoms with van der Waals surface area (Å²) in [6.45, 7) is 5.14. The molecule has 3 nitrogen and oxygen atoms in total. The number of carbonyl (C=O) groups excluding carboxylic acids is 1. The van der Waals surface area contributed by atoms with Gasteiger partial charge in [-0.05, 0) is 48.8 Å². The van der Waals surface area contributed by atoms with Crippen LogP contribution in [0.1, 0.15) is 20.8 Å². The maximum absolute atomic E-state index is 13.4. The third kappa shape index (κ3) is 4.16. The van der Waals surface area contributed by atoms with Gasteiger partial charge in [-0.25, -0.2) is 9.18 Å². The summed E-state index contributed by atoms with van der Waals surface area (Å²) in [7, 11) is 0. The van der Waals surface area contributed by atoms with Crippen molar-refractivity contribution < 1.29 is 13.9 Å². The first-order chi connectivity index (χ1) is 7.70. The van der Waals surface area contributed by atoms with Crippen molar-refractivity contribution in [2.45, 2.75) is 26.4 Å². The van der Waals surface area contributed by atoms with Gasteiger partial charge in [-0.3, -0.25) is 5.32 Å². The van der Waals surface area contributed by atoms with E-state index in [2.05, 4.69) is 21.2 Å². The average Bonchev–Trinajstić information content (AvgIpc) is 2.16. The largest absolute Gasteiger partial charge is 0.444 e. The maximum atomic E-state index is 13.4. The number of hydrogen-bond donors (Lipinski definition) is 1. The molecule has 0 bridgehead atoms. The van der Waals surface area contributed by atoms with Crippen molar-refractivity contribution in [1.29, 1.82) is 0 Å². The molecule has 1 rings (SSSR count). The SMILES string of the molecule is CC(C)(C)OC(=O)Nc1c(F)ccc(Br)c1Cl. The Morgan fingerprint density at radius 2 is 2.06 bits per heavy atom. The molecular formula is C11H12BrClFNO2. The smallest absolute Gasteiger partial charge is 0.412 e. The van der Waals surface area contributed by atoms with Gasteiger partial charge in [0, 0.05) is 4.47 Å². The first kappa shape index (κ1) is 14.3. The number of rotatable bonds is 1. The minimum absolute atomic E-state index is 0.0934. The molecule has 1 N–H and O–H groups in total. The summed E-state index contributed by atoms with van der Waals surface area (Å²) in [6.07, 6.45) is -0.753. The zero-order chi connectivity index (χ0) is 13.2. The summed E-state index contributed by atoms with van der Waals surface area (Å²) < 4.78 is 18.9. The Morgan fingerprint density at radius 1 is 1.47 bits per heavy atom. The van der Waals surface area contributed by atoms with Gasteiger partial charge >= 0.3 is 6.09 Å². The molecule has 0 aliphatic rings. The van der Waals surface area contributed by atoms with Crippen molar-refractivity contribution in [1.82, 2.24) is 0 Å². The molecule has 0 unspecified atom stereocenters. The van der Waals surface area contributed by atoms with E-state index in [0.29, 0.717) is 4.47 Å². The summed E-state index contributed by atoms with van der Waals surface area (Å²) in [5.74, 6) is -0.621. The van der Waals surface area contributed by atoms with E-state index in [9.17, 15) is 9.18 Å². The van der Waals surface area contributed by atoms with E-state index in [-0.39, 0.29) is 10.7 Å². The Balaban J connectivity index is 2.89. The van der Waals surface area contributed by atoms with Gasteiger partial charge in [0.05, 0.1) is 10.7 Å². The highest BCUT2D eigenvalue weighted by Gasteiger charge is 2.19. The van der Waals surface area contributed by atoms with Crippen molar-refractivity contribution in [3.8, 4) is 0 Å². The quantitative estimate of drug-likeness (QED) is 0.767. The minimum Gasteiger partial charge on any atom is -0.444 e. The second-order valence-electron chi connectivity index (χ2n) is 4.35. The first-order valence-electron chi connectivity index (χ1n) is 4.84. The van der Waals surface area contributed by atoms with Crippen LogP contribution in [-0.4, -0.2) is 11.7 Å². The van der Waals surface area contributed by atoms with Crippen LogP contribution in [0, 0.1) is 5.82 Å². The van der Waals surface area contributed by atoms with Gasteiger partial charge in [-0.2, -0.15) is 0 Å². The molecule has 94 valence electrons. The highest BCUT2D eigenvalue weighted by molar-refractivity contribution is 9.10. The molecule has 1 aromatic carbocycles. The molecule has 0 saturated heterocycles. The molecule has 0 heterocycles. The predicted molar refractivity (Wildman–Crippen MR) is 69.0 cm³/mol. The van der Waals surface area contributed by atoms with Crippen LogP contribution in [0.15, 0.2) is 16.6 Å². The Labute approximate surface area is 112 Å². The molecule has 1 aromatic rings. The molecule has 0 spiro atoms. The lowest BCUT2D eigenvalue weighted by Gasteiger charge is -2.20. The van der Waals surface area contributed by atoms with Crippen LogP contribution >= 0.6 is 27.5 Å². The summed E-state index contributed by atoms with van der Waals surface area (Å²) in [5.41, 5.74) is -0.755. The van der Waals surface area contributed by atoms with Crippen LogP contribution < -0.4 is 5.32 Å². The van der Waals surface area contributed by atoms with E-state index in [1.807, 2.05) is 0 Å². The molecular weight excluding hydrogens is 312 g/mol. The maximum Gasteiger partial charge on any atom is 0.412 e. The summed E-state index contributed by atoms with van der Waals surface area (Å²) >= 11 is 9.00. The zero-order valence-electron chi connectivity index (χ0n) is 9.61. The van der Waals surface area contributed by atoms with E-state index in [1.165, 1.54) is 12.1 Å². The molecule has 6 heteroatoms. The van der Waals surface area contributed by atoms with Gasteiger partial charge in [-0.1, -0.05) is 11.6 Å². The fourth-order valence-corrected chi connectivity index (χ4v) is 1.58. The fraction of sp³-hybridized carbons (Fsp3) is 0.364. The van der Waals surface area contributed by atoms with E-state index in [0.717, 1.165) is 0 Å². The lowest BCUT2D eigenvalue weighted by molar-refractivity contribution is 0.0635. The van der Waals surface area contributed by atoms with Crippen LogP contribution in [0.25, 0.3) is 0 Å². The standard InChI is InChI=1S/C11H12BrClFNO2/c1-11(2,3)17-10(16)15-9-7(14)5-4-6(12)8(9)13/h4-5H,1-3H3,(H,15,16). The van der Waals surface area contributed by atoms with E-state index < -0.39 is 17.5 Å². The number of hydrogen-bond acceptors (Lipinski definition) is 2. The van der Waals surface area contributed by atoms with Crippen LogP contribution in [-0.2, 0) is 4.74 Å². The normalized spacial score (nSPS) is 11.2. The minimum atomic E-state index is -0.753. The number of benzene rings is 1. The number of halogens is 3. The Bertz CT molecular complexity index is 446. The van der Waals surface area contributed by atoms with Gasteiger partial charge in [0.2, 0.25) is 0 Å². The van der Waals surface area contributed by atoms with Crippen LogP contribution in [0.4, 0.5) is 14.9 Å². The number of anilines is 1. The number of nitrogens with one attached hydrogen (secondary N) is 1. The first-order valence-corrected chi connectivity index (χ1v) is 6.01. The predicted octanol–water partition coefficient (Wildman–Crippen LogP) is 4.59. The van der Waals surface area contributed by atoms with E-state index in [4.69, 9.17) is 16.3 Å². The van der Waals surface area contributed by atoms with E-state index in [1.54, 1.807) is 20.8 Å². The lowest BCUT2D eigenvalue weighted by Crippen LogP contribution is -2.27. The second kappa shape index (κ2) is 5.23. The highest BCUT2D eigenvalue weighted by atomic mass is 79.9. The fourth-order valence-electron chi connectivity index (χ4n) is 1.05. The molecule has 1 amide bonds. The lowest BCUT2D eigenvalue weighted by atomic mass is 10.2. The summed E-state index contributed by atoms with van der Waals surface area (Å²) in [4.78, 5) is 11.5. The van der Waals surface area contributed by atoms with E-state index >= 15 is 0 Å². The second-order valence-corrected chi connectivity index (χ2v) is 5.58. The molecule has 0 aromatic heterocycles. The molecule has 0 radical (unpaired) electrons. The van der Waals surface area contributed by atoms with Crippen molar-refractivity contribution >= 4 is 39.3 Å². The summed E-state index contributed by atoms with van der Waals surface area (Å²) in [6, 6.07) is 2.65. The van der Waals surface area contributed by atoms with Crippen LogP contribution in [0.5, 0.6) is 0 Å². The Morgan fingerprint density at radius 3 is 2.59 bits per heavy atom. The number of ether oxygens (including phenoxy) is 1. The van der Waals surface area contributed by atoms with Crippen molar-refractivity contribution in [2.24, 2.45) is 0 Å². The van der Waals surface area contributed by atoms with Crippen molar-refractivity contribution in [3.05, 3.63) is 27.4 Å². The van der Waals surface area contributed by atoms with Crippen molar-refractivity contribution in [2.75, 3.05) is 5.32 Å². The third-order valence-electron chi connectivity index (χ3n) is 1.67. The van der Waals surface area contributed by atoms with Gasteiger partial charge in [0.1, 0.15) is 11.4 Å². The molecule has 0 saturated carbocycles. The van der Waals surface area contributed by atoms with Gasteiger partial charge in [-0.15, -0.1) is 0 Å². The Kier molecular flexibility index (Phi) is 4.38. The molecule has 17 heavy (non-hydrogen) atoms. The monoisotopic (exact) mass is 323 g/mol. The number of amides is 1. The van der Waals surface area contributed by atoms with Crippen molar-refractivity contribution in [3.63, 3.8) is 0 Å². The highest BCUT2D eigenvalue weighted by Crippen LogP contribution is 2.32. The average molecular weight is 325 g/mol. The summed E-state index contributed by atoms with van der Waals surface area (Å²) in [5, 5.41) is 2.37. The molecule has 0 aliphatic carbocycles. The third-order valence-corrected chi connectivity index (χ3v) is 2.95. The van der Waals surface area contributed by atoms with Gasteiger partial charge in [0.25, 0.3) is 0 Å². The van der Waals surface area contributed by atoms with Crippen LogP contribution in [0.2, 0.25) is 5.02 Å². The Hall–Kier alpha value is -0.810. The zero-order valence-corrected chi connectivity index (χ0v) is 11.9. The molecule has 0 aliphatic heterocycles. The molecule has 0 fully saturated rings. The number of carbonyl (C=O) groups is 1.